The highest BCUT2D eigenvalue weighted by Gasteiger charge is 2.31. The van der Waals surface area contributed by atoms with E-state index in [0.717, 1.165) is 4.90 Å². The number of hydrogen-bond acceptors (Lipinski definition) is 3. The Bertz CT molecular complexity index is 184. The van der Waals surface area contributed by atoms with Crippen molar-refractivity contribution in [2.24, 2.45) is 5.73 Å². The fourth-order valence-corrected chi connectivity index (χ4v) is 0.974. The third-order valence-electron chi connectivity index (χ3n) is 1.44. The molecule has 0 aliphatic carbocycles. The van der Waals surface area contributed by atoms with Gasteiger partial charge < -0.3 is 10.8 Å². The zero-order valence-electron chi connectivity index (χ0n) is 7.55. The van der Waals surface area contributed by atoms with E-state index in [1.807, 2.05) is 0 Å². The van der Waals surface area contributed by atoms with Gasteiger partial charge in [0.1, 0.15) is 0 Å². The molecular weight excluding hydrogens is 201 g/mol. The highest BCUT2D eigenvalue weighted by Crippen LogP contribution is 2.16. The fourth-order valence-electron chi connectivity index (χ4n) is 0.974. The van der Waals surface area contributed by atoms with Gasteiger partial charge in [-0.15, -0.1) is 0 Å². The molecule has 0 saturated carbocycles. The maximum absolute atomic E-state index is 11.9. The van der Waals surface area contributed by atoms with E-state index in [0.29, 0.717) is 6.42 Å². The topological polar surface area (TPSA) is 66.6 Å². The van der Waals surface area contributed by atoms with Gasteiger partial charge in [0.25, 0.3) is 0 Å². The number of alkyl halides is 3. The Morgan fingerprint density at radius 1 is 1.43 bits per heavy atom. The van der Waals surface area contributed by atoms with Crippen molar-refractivity contribution in [3.8, 4) is 0 Å². The first-order valence-electron chi connectivity index (χ1n) is 4.06. The Labute approximate surface area is 79.5 Å². The van der Waals surface area contributed by atoms with Gasteiger partial charge in [-0.3, -0.25) is 9.69 Å². The first-order chi connectivity index (χ1) is 6.35. The summed E-state index contributed by atoms with van der Waals surface area (Å²) in [6, 6.07) is 0. The Morgan fingerprint density at radius 3 is 2.36 bits per heavy atom. The molecule has 0 rings (SSSR count). The molecule has 84 valence electrons. The van der Waals surface area contributed by atoms with Gasteiger partial charge in [0.05, 0.1) is 13.1 Å². The molecule has 0 saturated heterocycles. The monoisotopic (exact) mass is 214 g/mol. The Morgan fingerprint density at radius 2 is 2.00 bits per heavy atom. The van der Waals surface area contributed by atoms with Crippen LogP contribution < -0.4 is 5.73 Å². The van der Waals surface area contributed by atoms with E-state index in [-0.39, 0.29) is 13.1 Å². The van der Waals surface area contributed by atoms with Crippen LogP contribution in [0.15, 0.2) is 0 Å². The van der Waals surface area contributed by atoms with Crippen LogP contribution in [0.4, 0.5) is 13.2 Å². The number of carbonyl (C=O) groups is 1. The van der Waals surface area contributed by atoms with Gasteiger partial charge in [0, 0.05) is 6.54 Å². The Balaban J connectivity index is 4.03. The molecule has 0 aromatic heterocycles. The minimum Gasteiger partial charge on any atom is -0.480 e. The molecular formula is C7H13F3N2O2. The number of rotatable bonds is 6. The summed E-state index contributed by atoms with van der Waals surface area (Å²) in [5.41, 5.74) is 5.12. The van der Waals surface area contributed by atoms with Gasteiger partial charge in [-0.2, -0.15) is 13.2 Å². The molecule has 0 atom stereocenters. The van der Waals surface area contributed by atoms with Crippen LogP contribution in [0, 0.1) is 0 Å². The highest BCUT2D eigenvalue weighted by atomic mass is 19.4. The van der Waals surface area contributed by atoms with Crippen molar-refractivity contribution in [1.29, 1.82) is 0 Å². The summed E-state index contributed by atoms with van der Waals surface area (Å²) in [7, 11) is 0. The normalized spacial score (nSPS) is 12.1. The van der Waals surface area contributed by atoms with Gasteiger partial charge in [0.2, 0.25) is 0 Å². The smallest absolute Gasteiger partial charge is 0.401 e. The van der Waals surface area contributed by atoms with E-state index in [1.54, 1.807) is 0 Å². The lowest BCUT2D eigenvalue weighted by Crippen LogP contribution is -2.39. The van der Waals surface area contributed by atoms with Crippen LogP contribution in [0.5, 0.6) is 0 Å². The Kier molecular flexibility index (Phi) is 5.47. The van der Waals surface area contributed by atoms with E-state index < -0.39 is 25.2 Å². The van der Waals surface area contributed by atoms with Crippen molar-refractivity contribution in [3.05, 3.63) is 0 Å². The molecule has 7 heteroatoms. The quantitative estimate of drug-likeness (QED) is 0.666. The second kappa shape index (κ2) is 5.82. The summed E-state index contributed by atoms with van der Waals surface area (Å²) in [6.07, 6.45) is -4.02. The number of carboxylic acid groups (broad SMARTS) is 1. The summed E-state index contributed by atoms with van der Waals surface area (Å²) in [5, 5.41) is 8.34. The number of aliphatic carboxylic acids is 1. The van der Waals surface area contributed by atoms with Crippen molar-refractivity contribution in [2.45, 2.75) is 12.6 Å². The lowest BCUT2D eigenvalue weighted by atomic mass is 10.3. The molecule has 0 bridgehead atoms. The van der Waals surface area contributed by atoms with Crippen LogP contribution in [0.25, 0.3) is 0 Å². The number of halogens is 3. The van der Waals surface area contributed by atoms with Crippen LogP contribution in [0.2, 0.25) is 0 Å². The molecule has 0 aliphatic rings. The van der Waals surface area contributed by atoms with Crippen molar-refractivity contribution in [3.63, 3.8) is 0 Å². The summed E-state index contributed by atoms with van der Waals surface area (Å²) in [6.45, 7) is -1.53. The minimum atomic E-state index is -4.37. The maximum Gasteiger partial charge on any atom is 0.401 e. The molecule has 0 aromatic carbocycles. The highest BCUT2D eigenvalue weighted by molar-refractivity contribution is 5.69. The predicted octanol–water partition coefficient (Wildman–Crippen LogP) is 0.284. The van der Waals surface area contributed by atoms with E-state index >= 15 is 0 Å². The lowest BCUT2D eigenvalue weighted by molar-refractivity contribution is -0.153. The summed E-state index contributed by atoms with van der Waals surface area (Å²) >= 11 is 0. The molecule has 0 fully saturated rings. The summed E-state index contributed by atoms with van der Waals surface area (Å²) in [5.74, 6) is -1.27. The molecule has 0 spiro atoms. The van der Waals surface area contributed by atoms with Gasteiger partial charge >= 0.3 is 12.1 Å². The van der Waals surface area contributed by atoms with Gasteiger partial charge in [0.15, 0.2) is 0 Å². The average Bonchev–Trinajstić information content (AvgIpc) is 1.96. The number of carboxylic acids is 1. The molecule has 3 N–H and O–H groups in total. The third kappa shape index (κ3) is 7.81. The summed E-state index contributed by atoms with van der Waals surface area (Å²) in [4.78, 5) is 11.0. The van der Waals surface area contributed by atoms with Crippen LogP contribution in [0.3, 0.4) is 0 Å². The molecule has 0 radical (unpaired) electrons. The molecule has 14 heavy (non-hydrogen) atoms. The average molecular weight is 214 g/mol. The van der Waals surface area contributed by atoms with Gasteiger partial charge in [-0.25, -0.2) is 0 Å². The summed E-state index contributed by atoms with van der Waals surface area (Å²) < 4.78 is 35.8. The molecule has 4 nitrogen and oxygen atoms in total. The largest absolute Gasteiger partial charge is 0.480 e. The van der Waals surface area contributed by atoms with E-state index in [9.17, 15) is 18.0 Å². The second-order valence-electron chi connectivity index (χ2n) is 2.86. The van der Waals surface area contributed by atoms with E-state index in [1.165, 1.54) is 0 Å². The van der Waals surface area contributed by atoms with Crippen LogP contribution in [-0.4, -0.2) is 48.3 Å². The zero-order valence-corrected chi connectivity index (χ0v) is 7.55. The number of nitrogens with two attached hydrogens (primary N) is 1. The van der Waals surface area contributed by atoms with Crippen molar-refractivity contribution in [2.75, 3.05) is 26.2 Å². The van der Waals surface area contributed by atoms with Crippen LogP contribution in [-0.2, 0) is 4.79 Å². The standard InChI is InChI=1S/C7H13F3N2O2/c8-7(9,10)5-12(3-1-2-11)4-6(13)14/h1-5,11H2,(H,13,14). The first-order valence-corrected chi connectivity index (χ1v) is 4.06. The van der Waals surface area contributed by atoms with Gasteiger partial charge in [-0.1, -0.05) is 0 Å². The molecule has 0 aromatic rings. The van der Waals surface area contributed by atoms with Crippen molar-refractivity contribution >= 4 is 5.97 Å². The van der Waals surface area contributed by atoms with Crippen LogP contribution >= 0.6 is 0 Å². The molecule has 0 unspecified atom stereocenters. The number of nitrogens with zero attached hydrogens (tertiary/aromatic N) is 1. The first kappa shape index (κ1) is 13.2. The molecule has 0 aliphatic heterocycles. The maximum atomic E-state index is 11.9. The molecule has 0 heterocycles. The van der Waals surface area contributed by atoms with Crippen molar-refractivity contribution in [1.82, 2.24) is 4.90 Å². The van der Waals surface area contributed by atoms with E-state index in [4.69, 9.17) is 10.8 Å². The van der Waals surface area contributed by atoms with Gasteiger partial charge in [-0.05, 0) is 13.0 Å². The predicted molar refractivity (Wildman–Crippen MR) is 43.8 cm³/mol. The number of hydrogen-bond donors (Lipinski definition) is 2. The van der Waals surface area contributed by atoms with Crippen LogP contribution in [0.1, 0.15) is 6.42 Å². The zero-order chi connectivity index (χ0) is 11.2. The molecule has 0 amide bonds. The Hall–Kier alpha value is -0.820. The van der Waals surface area contributed by atoms with E-state index in [2.05, 4.69) is 0 Å². The fraction of sp³-hybridized carbons (Fsp3) is 0.857. The van der Waals surface area contributed by atoms with Crippen molar-refractivity contribution < 1.29 is 23.1 Å². The minimum absolute atomic E-state index is 0.0440. The third-order valence-corrected chi connectivity index (χ3v) is 1.44. The lowest BCUT2D eigenvalue weighted by Gasteiger charge is -2.21. The second-order valence-corrected chi connectivity index (χ2v) is 2.86. The SMILES string of the molecule is NCCCN(CC(=O)O)CC(F)(F)F.